The van der Waals surface area contributed by atoms with E-state index in [1.807, 2.05) is 6.07 Å². The summed E-state index contributed by atoms with van der Waals surface area (Å²) in [6, 6.07) is 13.5. The van der Waals surface area contributed by atoms with Crippen molar-refractivity contribution in [3.05, 3.63) is 87.3 Å². The number of aryl methyl sites for hydroxylation is 2. The number of likely N-dealkylation sites (tertiary alicyclic amines) is 1. The van der Waals surface area contributed by atoms with Crippen LogP contribution in [0.1, 0.15) is 141 Å². The second-order valence-electron chi connectivity index (χ2n) is 25.9. The molecule has 5 saturated carbocycles. The molecule has 3 aromatic rings. The summed E-state index contributed by atoms with van der Waals surface area (Å²) in [5.41, 5.74) is 7.89. The van der Waals surface area contributed by atoms with Crippen molar-refractivity contribution in [1.82, 2.24) is 14.7 Å². The second-order valence-corrected chi connectivity index (χ2v) is 25.9. The molecule has 8 aliphatic carbocycles. The number of phenolic OH excluding ortho intramolecular Hbond substituents is 1. The van der Waals surface area contributed by atoms with E-state index in [1.165, 1.54) is 71.9 Å². The first-order chi connectivity index (χ1) is 35.9. The van der Waals surface area contributed by atoms with Gasteiger partial charge in [0.1, 0.15) is 42.8 Å². The maximum atomic E-state index is 12.7. The molecule has 5 spiro atoms. The van der Waals surface area contributed by atoms with E-state index in [1.54, 1.807) is 6.07 Å². The van der Waals surface area contributed by atoms with Crippen molar-refractivity contribution in [2.24, 2.45) is 5.92 Å². The molecule has 16 atom stereocenters. The predicted molar refractivity (Wildman–Crippen MR) is 278 cm³/mol. The summed E-state index contributed by atoms with van der Waals surface area (Å²) in [5, 5.41) is 43.9. The summed E-state index contributed by atoms with van der Waals surface area (Å²) in [4.78, 5) is 20.2. The van der Waals surface area contributed by atoms with Gasteiger partial charge in [-0.25, -0.2) is 0 Å². The molecule has 8 aliphatic heterocycles. The minimum Gasteiger partial charge on any atom is -1.00 e. The number of aromatic hydroxyl groups is 1. The number of carbonyl (C=O) groups excluding carboxylic acids is 1. The maximum absolute atomic E-state index is 12.7. The summed E-state index contributed by atoms with van der Waals surface area (Å²) in [5.74, 6) is 3.73. The topological polar surface area (TPSA) is 154 Å². The summed E-state index contributed by atoms with van der Waals surface area (Å²) < 4.78 is 31.9. The zero-order valence-corrected chi connectivity index (χ0v) is 46.5. The van der Waals surface area contributed by atoms with Crippen LogP contribution in [0.2, 0.25) is 0 Å². The molecule has 4 N–H and O–H groups in total. The van der Waals surface area contributed by atoms with Gasteiger partial charge in [-0.05, 0) is 144 Å². The molecule has 15 heteroatoms. The van der Waals surface area contributed by atoms with Gasteiger partial charge >= 0.3 is 23.1 Å². The minimum absolute atomic E-state index is 0. The van der Waals surface area contributed by atoms with Crippen molar-refractivity contribution < 1.29 is 61.3 Å². The first-order valence-corrected chi connectivity index (χ1v) is 28.9. The number of hydrogen-bond acceptors (Lipinski definition) is 13. The Hall–Kier alpha value is -2.73. The number of ketones is 1. The van der Waals surface area contributed by atoms with Crippen LogP contribution < -0.4 is 26.6 Å². The van der Waals surface area contributed by atoms with Crippen molar-refractivity contribution >= 4 is 28.8 Å². The zero-order chi connectivity index (χ0) is 49.9. The Morgan fingerprint density at radius 2 is 1.16 bits per heavy atom. The quantitative estimate of drug-likeness (QED) is 0.220. The van der Waals surface area contributed by atoms with E-state index in [2.05, 4.69) is 59.2 Å². The molecular formula is C61H74ClMgN3O10. The second kappa shape index (κ2) is 17.6. The number of benzene rings is 3. The Morgan fingerprint density at radius 3 is 1.79 bits per heavy atom. The van der Waals surface area contributed by atoms with E-state index in [0.29, 0.717) is 37.1 Å². The molecule has 76 heavy (non-hydrogen) atoms. The number of nitrogens with zero attached hydrogens (tertiary/aromatic N) is 3. The third-order valence-electron chi connectivity index (χ3n) is 23.3. The number of carbonyl (C=O) groups is 1. The summed E-state index contributed by atoms with van der Waals surface area (Å²) in [7, 11) is 0. The van der Waals surface area contributed by atoms with Gasteiger partial charge in [0.05, 0.1) is 39.7 Å². The van der Waals surface area contributed by atoms with E-state index >= 15 is 0 Å². The number of aliphatic hydroxyl groups is 3. The van der Waals surface area contributed by atoms with Crippen LogP contribution in [0.25, 0.3) is 0 Å². The average Bonchev–Trinajstić information content (AvgIpc) is 4.32. The number of rotatable bonds is 2. The number of aliphatic hydroxyl groups excluding tert-OH is 2. The van der Waals surface area contributed by atoms with Gasteiger partial charge in [0.15, 0.2) is 23.4 Å². The molecule has 19 rings (SSSR count). The SMILES string of the molecule is Cc1ccc2c3c1O[C@H]1C(=O)CC[C@]45OCN(CC[C@]314)[C@@H]5C2.Cc1ccc2c3c1O[C@H]1[C@@H](O)CC[C@]45OCN(CC[C@]314)[C@@H]5C2.Oc1ccc2c3c1O[C@H]1[C@@H](O)CC[C@@]4(O)[C@@H](C2)N(CC2CCC2)CC[C@]314.[CH-]1CCC1.[Cl-].[Mg+2]. The molecule has 0 radical (unpaired) electrons. The van der Waals surface area contributed by atoms with Gasteiger partial charge < -0.3 is 62.9 Å². The van der Waals surface area contributed by atoms with Crippen LogP contribution in [-0.2, 0) is 49.8 Å². The average molecular weight is 1070 g/mol. The molecule has 3 aromatic carbocycles. The smallest absolute Gasteiger partial charge is 1.00 e. The van der Waals surface area contributed by atoms with Crippen molar-refractivity contribution in [2.75, 3.05) is 39.6 Å². The van der Waals surface area contributed by atoms with Crippen molar-refractivity contribution in [1.29, 1.82) is 0 Å². The Kier molecular flexibility index (Phi) is 11.9. The summed E-state index contributed by atoms with van der Waals surface area (Å²) >= 11 is 0. The number of phenols is 1. The molecule has 10 bridgehead atoms. The van der Waals surface area contributed by atoms with E-state index in [0.717, 1.165) is 126 Å². The van der Waals surface area contributed by atoms with E-state index < -0.39 is 23.2 Å². The van der Waals surface area contributed by atoms with Crippen LogP contribution >= 0.6 is 0 Å². The van der Waals surface area contributed by atoms with Crippen LogP contribution in [0.15, 0.2) is 36.4 Å². The first-order valence-electron chi connectivity index (χ1n) is 28.9. The molecule has 8 heterocycles. The number of Topliss-reactive ketones (excluding diaryl/α,β-unsaturated/α-hetero) is 1. The predicted octanol–water partition coefficient (Wildman–Crippen LogP) is 2.92. The molecule has 0 amide bonds. The Balaban J connectivity index is 0.0000000994. The normalized spacial score (nSPS) is 44.0. The standard InChI is InChI=1S/C21H27NO4.C18H21NO3.C18H19NO3.C4H7.ClH.Mg/c23-14-5-4-13-10-16-21(25)7-6-15(24)19-20(21,17(13)18(14)26-19)8-9-22(16)11-12-2-1-3-12;2*1-10-2-3-11-8-13-18-5-4-12(20)16-17(18,14(11)15(10)22-16)6-7-19(13)9-21-18;1-2-4-3-1;;/h4-5,12,15-16,19,23-25H,1-3,6-11H2;2-3,12-13,16,20H,4-9H2,1H3;2-3,13,16H,4-9H2,1H3;1H,2-4H2;1H;/q;;;-1;;+2/p-1/t15-,16+,19-,20-,21+;12-,13+,16-,17-,18+;13-,16+,17+,18-;;;/m001.../s1. The van der Waals surface area contributed by atoms with E-state index in [4.69, 9.17) is 23.7 Å². The van der Waals surface area contributed by atoms with Crippen LogP contribution in [0.5, 0.6) is 23.0 Å². The largest absolute Gasteiger partial charge is 2.00 e. The Labute approximate surface area is 469 Å². The van der Waals surface area contributed by atoms with Crippen LogP contribution in [0.4, 0.5) is 0 Å². The molecule has 402 valence electrons. The van der Waals surface area contributed by atoms with Gasteiger partial charge in [-0.15, -0.1) is 6.42 Å². The fourth-order valence-electron chi connectivity index (χ4n) is 19.6. The maximum Gasteiger partial charge on any atom is 2.00 e. The molecule has 5 saturated heterocycles. The first kappa shape index (κ1) is 51.4. The Morgan fingerprint density at radius 1 is 0.632 bits per heavy atom. The van der Waals surface area contributed by atoms with Gasteiger partial charge in [-0.2, -0.15) is 12.8 Å². The van der Waals surface area contributed by atoms with E-state index in [-0.39, 0.29) is 93.4 Å². The van der Waals surface area contributed by atoms with Crippen molar-refractivity contribution in [2.45, 2.75) is 211 Å². The molecule has 0 aromatic heterocycles. The molecular weight excluding hydrogens is 994 g/mol. The van der Waals surface area contributed by atoms with Crippen LogP contribution in [0, 0.1) is 26.2 Å². The van der Waals surface area contributed by atoms with Gasteiger partial charge in [-0.1, -0.05) is 36.8 Å². The number of piperidine rings is 3. The molecule has 13 nitrogen and oxygen atoms in total. The van der Waals surface area contributed by atoms with Gasteiger partial charge in [0.2, 0.25) is 0 Å². The number of halogens is 1. The molecule has 10 fully saturated rings. The van der Waals surface area contributed by atoms with Gasteiger partial charge in [-0.3, -0.25) is 19.5 Å². The van der Waals surface area contributed by atoms with Gasteiger partial charge in [0.25, 0.3) is 0 Å². The third kappa shape index (κ3) is 6.15. The fourth-order valence-corrected chi connectivity index (χ4v) is 19.6. The van der Waals surface area contributed by atoms with Gasteiger partial charge in [0, 0.05) is 60.9 Å². The monoisotopic (exact) mass is 1070 g/mol. The van der Waals surface area contributed by atoms with Crippen molar-refractivity contribution in [3.8, 4) is 23.0 Å². The Bertz CT molecular complexity index is 2900. The minimum atomic E-state index is -0.884. The summed E-state index contributed by atoms with van der Waals surface area (Å²) in [6.07, 6.45) is 18.7. The number of hydrogen-bond donors (Lipinski definition) is 4. The van der Waals surface area contributed by atoms with Crippen LogP contribution in [0.3, 0.4) is 0 Å². The van der Waals surface area contributed by atoms with E-state index in [9.17, 15) is 25.2 Å². The third-order valence-corrected chi connectivity index (χ3v) is 23.3. The molecule has 16 aliphatic rings. The molecule has 2 unspecified atom stereocenters. The summed E-state index contributed by atoms with van der Waals surface area (Å²) in [6.45, 7) is 9.78. The fraction of sp³-hybridized carbons (Fsp3) is 0.672. The number of ether oxygens (including phenoxy) is 5. The zero-order valence-electron chi connectivity index (χ0n) is 44.4. The van der Waals surface area contributed by atoms with Crippen molar-refractivity contribution in [3.63, 3.8) is 0 Å². The van der Waals surface area contributed by atoms with Crippen LogP contribution in [-0.4, -0.2) is 169 Å².